The molecule has 15 heavy (non-hydrogen) atoms. The molecule has 0 rings (SSSR count). The van der Waals surface area contributed by atoms with Crippen molar-refractivity contribution in [2.45, 2.75) is 87.5 Å². The molecule has 0 unspecified atom stereocenters. The van der Waals surface area contributed by atoms with E-state index in [-0.39, 0.29) is 0 Å². The Hall–Kier alpha value is 0.730. The predicted molar refractivity (Wildman–Crippen MR) is 88.4 cm³/mol. The van der Waals surface area contributed by atoms with Crippen molar-refractivity contribution in [3.63, 3.8) is 0 Å². The lowest BCUT2D eigenvalue weighted by Gasteiger charge is -1.79. The summed E-state index contributed by atoms with van der Waals surface area (Å²) in [6.07, 6.45) is 6.72. The SMILES string of the molecule is CC.CC.CCCC.CCCCC.CI. The molecule has 0 aromatic rings. The maximum absolute atomic E-state index is 2.21. The highest BCUT2D eigenvalue weighted by Gasteiger charge is 1.68. The van der Waals surface area contributed by atoms with Crippen molar-refractivity contribution in [3.05, 3.63) is 0 Å². The van der Waals surface area contributed by atoms with E-state index in [1.54, 1.807) is 0 Å². The first kappa shape index (κ1) is 29.6. The summed E-state index contributed by atoms with van der Waals surface area (Å²) in [5, 5.41) is 0. The number of hydrogen-bond donors (Lipinski definition) is 0. The predicted octanol–water partition coefficient (Wildman–Crippen LogP) is 7.11. The Bertz CT molecular complexity index is 24.5. The second-order valence-corrected chi connectivity index (χ2v) is 2.35. The highest BCUT2D eigenvalue weighted by atomic mass is 127. The first-order valence-electron chi connectivity index (χ1n) is 6.71. The summed E-state index contributed by atoms with van der Waals surface area (Å²) in [7, 11) is 0. The minimum atomic E-state index is 1.32. The average Bonchev–Trinajstić information content (AvgIpc) is 2.38. The highest BCUT2D eigenvalue weighted by Crippen LogP contribution is 1.88. The van der Waals surface area contributed by atoms with Crippen molar-refractivity contribution in [1.82, 2.24) is 0 Å². The van der Waals surface area contributed by atoms with Crippen molar-refractivity contribution in [1.29, 1.82) is 0 Å². The molecule has 0 aromatic carbocycles. The van der Waals surface area contributed by atoms with E-state index >= 15 is 0 Å². The summed E-state index contributed by atoms with van der Waals surface area (Å²) in [5.74, 6) is 0. The van der Waals surface area contributed by atoms with Gasteiger partial charge < -0.3 is 0 Å². The van der Waals surface area contributed by atoms with Gasteiger partial charge in [0, 0.05) is 0 Å². The quantitative estimate of drug-likeness (QED) is 0.382. The lowest BCUT2D eigenvalue weighted by Crippen LogP contribution is -1.59. The first-order chi connectivity index (χ1) is 7.33. The van der Waals surface area contributed by atoms with Crippen LogP contribution >= 0.6 is 22.6 Å². The van der Waals surface area contributed by atoms with Crippen molar-refractivity contribution in [3.8, 4) is 0 Å². The fourth-order valence-corrected chi connectivity index (χ4v) is 0.354. The molecule has 0 amide bonds. The van der Waals surface area contributed by atoms with Crippen LogP contribution in [-0.2, 0) is 0 Å². The summed E-state index contributed by atoms with van der Waals surface area (Å²) in [6, 6.07) is 0. The number of unbranched alkanes of at least 4 members (excludes halogenated alkanes) is 3. The summed E-state index contributed by atoms with van der Waals surface area (Å²) >= 11 is 2.15. The maximum atomic E-state index is 2.21. The van der Waals surface area contributed by atoms with Crippen molar-refractivity contribution < 1.29 is 0 Å². The van der Waals surface area contributed by atoms with Crippen molar-refractivity contribution >= 4 is 22.6 Å². The largest absolute Gasteiger partial charge is 0.0901 e. The highest BCUT2D eigenvalue weighted by molar-refractivity contribution is 14.1. The third-order valence-corrected chi connectivity index (χ3v) is 1.21. The maximum Gasteiger partial charge on any atom is -0.0121 e. The van der Waals surface area contributed by atoms with Gasteiger partial charge in [-0.1, -0.05) is 110 Å². The van der Waals surface area contributed by atoms with E-state index < -0.39 is 0 Å². The monoisotopic (exact) mass is 332 g/mol. The van der Waals surface area contributed by atoms with Crippen molar-refractivity contribution in [2.24, 2.45) is 0 Å². The number of halogens is 1. The fraction of sp³-hybridized carbons (Fsp3) is 1.00. The zero-order chi connectivity index (χ0) is 13.5. The van der Waals surface area contributed by atoms with Crippen LogP contribution in [0.3, 0.4) is 0 Å². The topological polar surface area (TPSA) is 0 Å². The molecule has 0 aliphatic carbocycles. The van der Waals surface area contributed by atoms with Crippen LogP contribution in [0.2, 0.25) is 0 Å². The molecule has 0 N–H and O–H groups in total. The molecule has 0 heterocycles. The van der Waals surface area contributed by atoms with Gasteiger partial charge in [0.1, 0.15) is 0 Å². The normalized spacial score (nSPS) is 6.00. The van der Waals surface area contributed by atoms with Gasteiger partial charge in [-0.25, -0.2) is 0 Å². The molecule has 0 fully saturated rings. The Morgan fingerprint density at radius 2 is 0.733 bits per heavy atom. The fourth-order valence-electron chi connectivity index (χ4n) is 0.354. The Kier molecular flexibility index (Phi) is 167. The molecule has 0 aliphatic heterocycles. The zero-order valence-electron chi connectivity index (χ0n) is 12.9. The van der Waals surface area contributed by atoms with E-state index in [4.69, 9.17) is 0 Å². The van der Waals surface area contributed by atoms with Gasteiger partial charge >= 0.3 is 0 Å². The van der Waals surface area contributed by atoms with E-state index in [9.17, 15) is 0 Å². The molecule has 0 atom stereocenters. The van der Waals surface area contributed by atoms with Gasteiger partial charge in [-0.3, -0.25) is 0 Å². The number of rotatable bonds is 3. The van der Waals surface area contributed by atoms with E-state index in [2.05, 4.69) is 50.3 Å². The molecule has 0 nitrogen and oxygen atoms in total. The van der Waals surface area contributed by atoms with Crippen LogP contribution < -0.4 is 0 Å². The minimum Gasteiger partial charge on any atom is -0.0901 e. The van der Waals surface area contributed by atoms with Gasteiger partial charge in [0.2, 0.25) is 0 Å². The van der Waals surface area contributed by atoms with Gasteiger partial charge in [-0.2, -0.15) is 0 Å². The second-order valence-electron chi connectivity index (χ2n) is 2.35. The zero-order valence-corrected chi connectivity index (χ0v) is 15.1. The summed E-state index contributed by atoms with van der Waals surface area (Å²) in [6.45, 7) is 16.8. The van der Waals surface area contributed by atoms with Crippen LogP contribution in [0.15, 0.2) is 0 Å². The number of alkyl halides is 1. The molecule has 0 saturated carbocycles. The van der Waals surface area contributed by atoms with Crippen LogP contribution in [0.4, 0.5) is 0 Å². The van der Waals surface area contributed by atoms with Crippen LogP contribution in [0.25, 0.3) is 0 Å². The molecule has 0 aromatic heterocycles. The average molecular weight is 332 g/mol. The lowest BCUT2D eigenvalue weighted by molar-refractivity contribution is 0.772. The molecule has 0 aliphatic rings. The van der Waals surface area contributed by atoms with E-state index in [1.165, 1.54) is 32.1 Å². The third-order valence-electron chi connectivity index (χ3n) is 1.21. The molecule has 0 saturated heterocycles. The van der Waals surface area contributed by atoms with E-state index in [0.29, 0.717) is 0 Å². The van der Waals surface area contributed by atoms with Crippen LogP contribution in [0, 0.1) is 0 Å². The Balaban J connectivity index is -0.0000000301. The Morgan fingerprint density at radius 3 is 0.733 bits per heavy atom. The smallest absolute Gasteiger partial charge is 0.0121 e. The van der Waals surface area contributed by atoms with E-state index in [1.807, 2.05) is 32.6 Å². The molecule has 0 spiro atoms. The number of hydrogen-bond acceptors (Lipinski definition) is 0. The molecular weight excluding hydrogens is 295 g/mol. The minimum absolute atomic E-state index is 1.32. The lowest BCUT2D eigenvalue weighted by atomic mass is 10.3. The van der Waals surface area contributed by atoms with Crippen LogP contribution in [0.5, 0.6) is 0 Å². The van der Waals surface area contributed by atoms with Gasteiger partial charge in [0.25, 0.3) is 0 Å². The summed E-state index contributed by atoms with van der Waals surface area (Å²) in [5.41, 5.74) is 0. The second kappa shape index (κ2) is 84.6. The molecule has 0 radical (unpaired) electrons. The molecule has 0 bridgehead atoms. The third kappa shape index (κ3) is 172. The van der Waals surface area contributed by atoms with Crippen molar-refractivity contribution in [2.75, 3.05) is 4.93 Å². The Morgan fingerprint density at radius 1 is 0.533 bits per heavy atom. The first-order valence-corrected chi connectivity index (χ1v) is 8.86. The Labute approximate surface area is 115 Å². The molecule has 1 heteroatoms. The van der Waals surface area contributed by atoms with Gasteiger partial charge in [0.15, 0.2) is 0 Å². The van der Waals surface area contributed by atoms with Gasteiger partial charge in [0.05, 0.1) is 0 Å². The molecular formula is C14H37I. The van der Waals surface area contributed by atoms with Crippen LogP contribution in [-0.4, -0.2) is 4.93 Å². The molecule has 100 valence electrons. The van der Waals surface area contributed by atoms with Gasteiger partial charge in [-0.15, -0.1) is 0 Å². The van der Waals surface area contributed by atoms with Crippen LogP contribution in [0.1, 0.15) is 87.5 Å². The van der Waals surface area contributed by atoms with Gasteiger partial charge in [-0.05, 0) is 4.93 Å². The summed E-state index contributed by atoms with van der Waals surface area (Å²) in [4.78, 5) is 1.97. The standard InChI is InChI=1S/C5H12.C4H10.2C2H6.CH3I/c1-3-5-4-2;1-3-4-2;3*1-2/h3-5H2,1-2H3;3-4H2,1-2H3;2*1-2H3;1H3. The summed E-state index contributed by atoms with van der Waals surface area (Å²) < 4.78 is 0. The van der Waals surface area contributed by atoms with E-state index in [0.717, 1.165) is 0 Å².